The minimum atomic E-state index is -3.15. The molecule has 1 aliphatic heterocycles. The highest BCUT2D eigenvalue weighted by Gasteiger charge is 2.25. The van der Waals surface area contributed by atoms with Crippen LogP contribution in [0.25, 0.3) is 0 Å². The quantitative estimate of drug-likeness (QED) is 0.479. The summed E-state index contributed by atoms with van der Waals surface area (Å²) in [7, 11) is 0. The second kappa shape index (κ2) is 11.9. The van der Waals surface area contributed by atoms with Crippen LogP contribution in [0.3, 0.4) is 0 Å². The van der Waals surface area contributed by atoms with Crippen molar-refractivity contribution in [2.24, 2.45) is 5.92 Å². The van der Waals surface area contributed by atoms with Crippen molar-refractivity contribution in [1.82, 2.24) is 5.32 Å². The Morgan fingerprint density at radius 2 is 2.09 bits per heavy atom. The van der Waals surface area contributed by atoms with Crippen LogP contribution in [0.2, 0.25) is 0 Å². The summed E-state index contributed by atoms with van der Waals surface area (Å²) in [5.74, 6) is -1.98. The van der Waals surface area contributed by atoms with Gasteiger partial charge in [0.25, 0.3) is 0 Å². The van der Waals surface area contributed by atoms with E-state index >= 15 is 0 Å². The van der Waals surface area contributed by atoms with Crippen molar-refractivity contribution in [2.45, 2.75) is 58.5 Å². The van der Waals surface area contributed by atoms with E-state index in [0.29, 0.717) is 18.5 Å². The van der Waals surface area contributed by atoms with Gasteiger partial charge in [0.15, 0.2) is 0 Å². The zero-order valence-corrected chi connectivity index (χ0v) is 19.6. The summed E-state index contributed by atoms with van der Waals surface area (Å²) in [6.45, 7) is -0.857. The molecule has 1 saturated heterocycles. The Morgan fingerprint density at radius 3 is 2.79 bits per heavy atom. The van der Waals surface area contributed by atoms with E-state index in [1.807, 2.05) is 24.3 Å². The topological polar surface area (TPSA) is 99.1 Å². The molecule has 2 atom stereocenters. The number of hydrogen-bond acceptors (Lipinski definition) is 5. The van der Waals surface area contributed by atoms with Crippen molar-refractivity contribution in [3.05, 3.63) is 59.2 Å². The standard InChI is InChI=1S/C27H36N2O5/c1-4-34-25-15-19(11-12-22(25)27(32)33)16-26(31)28-23(14-18(2)3)21-9-5-6-10-24(21)29-13-7-8-20(30)17-29/h5-6,9-12,15,18,20,23,30H,4,7-8,13-14,16-17H2,1-3H3,(H,28,31)(H,32,33)/i1D3,4D2. The predicted octanol–water partition coefficient (Wildman–Crippen LogP) is 4.19. The number of nitrogens with zero attached hydrogens (tertiary/aromatic N) is 1. The number of para-hydroxylation sites is 1. The molecule has 0 saturated carbocycles. The number of carbonyl (C=O) groups is 2. The van der Waals surface area contributed by atoms with E-state index in [1.165, 1.54) is 18.2 Å². The summed E-state index contributed by atoms with van der Waals surface area (Å²) >= 11 is 0. The number of benzene rings is 2. The van der Waals surface area contributed by atoms with E-state index in [0.717, 1.165) is 30.6 Å². The van der Waals surface area contributed by atoms with Gasteiger partial charge in [-0.05, 0) is 61.4 Å². The van der Waals surface area contributed by atoms with Gasteiger partial charge in [-0.1, -0.05) is 38.1 Å². The van der Waals surface area contributed by atoms with Gasteiger partial charge < -0.3 is 25.2 Å². The average Bonchev–Trinajstić information content (AvgIpc) is 2.82. The SMILES string of the molecule is [2H]C([2H])([2H])C([2H])([2H])Oc1cc(CC(=O)NC(CC(C)C)c2ccccc2N2CCCC(O)C2)ccc1C(=O)O. The number of carbonyl (C=O) groups excluding carboxylic acids is 1. The Balaban J connectivity index is 1.85. The van der Waals surface area contributed by atoms with Crippen molar-refractivity contribution < 1.29 is 31.4 Å². The maximum absolute atomic E-state index is 13.2. The first-order valence-electron chi connectivity index (χ1n) is 14.0. The van der Waals surface area contributed by atoms with Gasteiger partial charge in [-0.25, -0.2) is 4.79 Å². The van der Waals surface area contributed by atoms with Crippen LogP contribution >= 0.6 is 0 Å². The number of aliphatic hydroxyl groups excluding tert-OH is 1. The maximum atomic E-state index is 13.2. The molecule has 34 heavy (non-hydrogen) atoms. The lowest BCUT2D eigenvalue weighted by Gasteiger charge is -2.35. The molecule has 1 heterocycles. The smallest absolute Gasteiger partial charge is 0.339 e. The Bertz CT molecular complexity index is 1170. The van der Waals surface area contributed by atoms with Gasteiger partial charge >= 0.3 is 5.97 Å². The molecule has 3 N–H and O–H groups in total. The zero-order chi connectivity index (χ0) is 29.0. The zero-order valence-electron chi connectivity index (χ0n) is 24.6. The molecule has 0 spiro atoms. The Morgan fingerprint density at radius 1 is 1.29 bits per heavy atom. The number of rotatable bonds is 10. The van der Waals surface area contributed by atoms with Gasteiger partial charge in [-0.15, -0.1) is 0 Å². The highest BCUT2D eigenvalue weighted by molar-refractivity contribution is 5.91. The average molecular weight is 474 g/mol. The highest BCUT2D eigenvalue weighted by atomic mass is 16.5. The number of amides is 1. The fraction of sp³-hybridized carbons (Fsp3) is 0.481. The van der Waals surface area contributed by atoms with E-state index in [1.54, 1.807) is 0 Å². The molecule has 0 radical (unpaired) electrons. The molecule has 3 rings (SSSR count). The number of ether oxygens (including phenoxy) is 1. The molecule has 2 aromatic carbocycles. The number of aromatic carboxylic acids is 1. The molecule has 1 amide bonds. The van der Waals surface area contributed by atoms with E-state index in [-0.39, 0.29) is 24.3 Å². The van der Waals surface area contributed by atoms with E-state index in [9.17, 15) is 19.8 Å². The minimum Gasteiger partial charge on any atom is -0.493 e. The molecule has 7 nitrogen and oxygen atoms in total. The van der Waals surface area contributed by atoms with Gasteiger partial charge in [0.05, 0.1) is 27.9 Å². The van der Waals surface area contributed by atoms with E-state index < -0.39 is 36.8 Å². The van der Waals surface area contributed by atoms with Crippen molar-refractivity contribution in [3.63, 3.8) is 0 Å². The number of aliphatic hydroxyl groups is 1. The van der Waals surface area contributed by atoms with Gasteiger partial charge in [-0.2, -0.15) is 0 Å². The Kier molecular flexibility index (Phi) is 6.73. The Hall–Kier alpha value is -3.06. The maximum Gasteiger partial charge on any atom is 0.339 e. The van der Waals surface area contributed by atoms with Crippen LogP contribution in [0.5, 0.6) is 5.75 Å². The van der Waals surface area contributed by atoms with Crippen molar-refractivity contribution in [1.29, 1.82) is 0 Å². The van der Waals surface area contributed by atoms with Crippen LogP contribution in [-0.2, 0) is 11.2 Å². The molecule has 0 bridgehead atoms. The first kappa shape index (κ1) is 19.3. The van der Waals surface area contributed by atoms with Crippen LogP contribution in [0.4, 0.5) is 5.69 Å². The van der Waals surface area contributed by atoms with Gasteiger partial charge in [0.2, 0.25) is 5.91 Å². The Labute approximate surface area is 208 Å². The second-order valence-electron chi connectivity index (χ2n) is 9.07. The number of carboxylic acids is 1. The number of piperidine rings is 1. The third-order valence-electron chi connectivity index (χ3n) is 5.89. The van der Waals surface area contributed by atoms with Gasteiger partial charge in [-0.3, -0.25) is 4.79 Å². The van der Waals surface area contributed by atoms with Gasteiger partial charge in [0.1, 0.15) is 11.3 Å². The first-order valence-corrected chi connectivity index (χ1v) is 11.5. The normalized spacial score (nSPS) is 19.8. The van der Waals surface area contributed by atoms with Crippen molar-refractivity contribution in [3.8, 4) is 5.75 Å². The molecular formula is C27H36N2O5. The summed E-state index contributed by atoms with van der Waals surface area (Å²) in [5, 5.41) is 22.8. The lowest BCUT2D eigenvalue weighted by molar-refractivity contribution is -0.121. The van der Waals surface area contributed by atoms with Crippen molar-refractivity contribution in [2.75, 3.05) is 24.5 Å². The monoisotopic (exact) mass is 473 g/mol. The third kappa shape index (κ3) is 6.73. The summed E-state index contributed by atoms with van der Waals surface area (Å²) in [5.41, 5.74) is 1.81. The van der Waals surface area contributed by atoms with Gasteiger partial charge in [0, 0.05) is 22.9 Å². The molecule has 1 aliphatic rings. The molecule has 1 fully saturated rings. The first-order chi connectivity index (χ1) is 18.2. The highest BCUT2D eigenvalue weighted by Crippen LogP contribution is 2.32. The fourth-order valence-electron chi connectivity index (χ4n) is 4.40. The number of anilines is 1. The van der Waals surface area contributed by atoms with Crippen LogP contribution < -0.4 is 15.0 Å². The largest absolute Gasteiger partial charge is 0.493 e. The lowest BCUT2D eigenvalue weighted by Crippen LogP contribution is -2.39. The molecule has 0 aromatic heterocycles. The number of β-amino-alcohol motifs (C(OH)–C–C–N with tert-alkyl or cyclic N) is 1. The molecular weight excluding hydrogens is 432 g/mol. The predicted molar refractivity (Wildman–Crippen MR) is 133 cm³/mol. The molecule has 2 unspecified atom stereocenters. The van der Waals surface area contributed by atoms with Crippen LogP contribution in [0.15, 0.2) is 42.5 Å². The molecule has 2 aromatic rings. The summed E-state index contributed by atoms with van der Waals surface area (Å²) in [6.07, 6.45) is 1.71. The summed E-state index contributed by atoms with van der Waals surface area (Å²) in [4.78, 5) is 27.0. The number of carboxylic acid groups (broad SMARTS) is 1. The van der Waals surface area contributed by atoms with Crippen LogP contribution in [0.1, 0.15) is 74.3 Å². The lowest BCUT2D eigenvalue weighted by atomic mass is 9.94. The molecule has 7 heteroatoms. The van der Waals surface area contributed by atoms with E-state index in [4.69, 9.17) is 11.6 Å². The molecule has 0 aliphatic carbocycles. The molecule has 184 valence electrons. The number of hydrogen-bond donors (Lipinski definition) is 3. The number of nitrogens with one attached hydrogen (secondary N) is 1. The summed E-state index contributed by atoms with van der Waals surface area (Å²) < 4.78 is 42.5. The van der Waals surface area contributed by atoms with Crippen LogP contribution in [-0.4, -0.2) is 47.8 Å². The third-order valence-corrected chi connectivity index (χ3v) is 5.89. The van der Waals surface area contributed by atoms with Crippen molar-refractivity contribution >= 4 is 17.6 Å². The summed E-state index contributed by atoms with van der Waals surface area (Å²) in [6, 6.07) is 11.2. The second-order valence-corrected chi connectivity index (χ2v) is 9.07. The minimum absolute atomic E-state index is 0.160. The van der Waals surface area contributed by atoms with Crippen LogP contribution in [0, 0.1) is 5.92 Å². The van der Waals surface area contributed by atoms with E-state index in [2.05, 4.69) is 24.1 Å². The fourth-order valence-corrected chi connectivity index (χ4v) is 4.40.